The van der Waals surface area contributed by atoms with Gasteiger partial charge in [0.1, 0.15) is 0 Å². The molecule has 3 N–H and O–H groups in total. The number of rotatable bonds is 3. The molecule has 0 bridgehead atoms. The van der Waals surface area contributed by atoms with Gasteiger partial charge in [0.25, 0.3) is 0 Å². The highest BCUT2D eigenvalue weighted by atomic mass is 79.9. The van der Waals surface area contributed by atoms with Crippen molar-refractivity contribution in [1.82, 2.24) is 0 Å². The normalized spacial score (nSPS) is 16.7. The van der Waals surface area contributed by atoms with Crippen LogP contribution in [0.25, 0.3) is 10.8 Å². The van der Waals surface area contributed by atoms with Crippen LogP contribution in [-0.4, -0.2) is 11.4 Å². The molecule has 1 fully saturated rings. The second kappa shape index (κ2) is 5.19. The quantitative estimate of drug-likeness (QED) is 0.897. The van der Waals surface area contributed by atoms with Gasteiger partial charge in [-0.05, 0) is 36.8 Å². The number of carbonyl (C=O) groups is 1. The minimum Gasteiger partial charge on any atom is -0.325 e. The molecule has 4 heteroatoms. The van der Waals surface area contributed by atoms with Crippen LogP contribution >= 0.6 is 15.9 Å². The SMILES string of the molecule is NC1(CC(=O)Nc2ccc(Br)c3ccccc23)CCC1. The van der Waals surface area contributed by atoms with Crippen molar-refractivity contribution in [1.29, 1.82) is 0 Å². The molecule has 1 saturated carbocycles. The molecule has 1 aliphatic rings. The first kappa shape index (κ1) is 13.6. The van der Waals surface area contributed by atoms with E-state index in [4.69, 9.17) is 5.73 Å². The van der Waals surface area contributed by atoms with E-state index in [9.17, 15) is 4.79 Å². The molecule has 0 radical (unpaired) electrons. The summed E-state index contributed by atoms with van der Waals surface area (Å²) in [5, 5.41) is 5.13. The van der Waals surface area contributed by atoms with Gasteiger partial charge in [0, 0.05) is 27.5 Å². The maximum Gasteiger partial charge on any atom is 0.226 e. The van der Waals surface area contributed by atoms with E-state index < -0.39 is 0 Å². The maximum atomic E-state index is 12.1. The Hall–Kier alpha value is -1.39. The van der Waals surface area contributed by atoms with Crippen LogP contribution in [0, 0.1) is 0 Å². The molecule has 0 heterocycles. The Balaban J connectivity index is 1.84. The van der Waals surface area contributed by atoms with Gasteiger partial charge in [-0.25, -0.2) is 0 Å². The van der Waals surface area contributed by atoms with E-state index in [-0.39, 0.29) is 11.4 Å². The Morgan fingerprint density at radius 3 is 2.55 bits per heavy atom. The highest BCUT2D eigenvalue weighted by molar-refractivity contribution is 9.10. The molecular weight excluding hydrogens is 316 g/mol. The predicted molar refractivity (Wildman–Crippen MR) is 85.7 cm³/mol. The Kier molecular flexibility index (Phi) is 3.52. The standard InChI is InChI=1S/C16H17BrN2O/c17-13-6-7-14(12-5-2-1-4-11(12)13)19-15(20)10-16(18)8-3-9-16/h1-2,4-7H,3,8-10,18H2,(H,19,20). The first-order valence-corrected chi connectivity index (χ1v) is 7.63. The summed E-state index contributed by atoms with van der Waals surface area (Å²) >= 11 is 3.53. The molecule has 104 valence electrons. The van der Waals surface area contributed by atoms with Gasteiger partial charge in [0.05, 0.1) is 0 Å². The van der Waals surface area contributed by atoms with Crippen LogP contribution in [0.5, 0.6) is 0 Å². The van der Waals surface area contributed by atoms with E-state index in [1.807, 2.05) is 36.4 Å². The van der Waals surface area contributed by atoms with Crippen LogP contribution in [0.2, 0.25) is 0 Å². The number of hydrogen-bond donors (Lipinski definition) is 2. The topological polar surface area (TPSA) is 55.1 Å². The third-order valence-electron chi connectivity index (χ3n) is 4.01. The van der Waals surface area contributed by atoms with Crippen molar-refractivity contribution >= 4 is 38.3 Å². The number of halogens is 1. The second-order valence-electron chi connectivity index (χ2n) is 5.58. The van der Waals surface area contributed by atoms with Crippen LogP contribution in [0.3, 0.4) is 0 Å². The number of nitrogens with two attached hydrogens (primary N) is 1. The summed E-state index contributed by atoms with van der Waals surface area (Å²) in [6.07, 6.45) is 3.42. The molecule has 2 aromatic rings. The highest BCUT2D eigenvalue weighted by Gasteiger charge is 2.34. The van der Waals surface area contributed by atoms with Gasteiger partial charge in [0.15, 0.2) is 0 Å². The number of hydrogen-bond acceptors (Lipinski definition) is 2. The van der Waals surface area contributed by atoms with E-state index in [1.54, 1.807) is 0 Å². The number of nitrogens with one attached hydrogen (secondary N) is 1. The summed E-state index contributed by atoms with van der Waals surface area (Å²) in [6, 6.07) is 11.9. The summed E-state index contributed by atoms with van der Waals surface area (Å²) in [6.45, 7) is 0. The predicted octanol–water partition coefficient (Wildman–Crippen LogP) is 3.81. The number of fused-ring (bicyclic) bond motifs is 1. The molecule has 20 heavy (non-hydrogen) atoms. The fraction of sp³-hybridized carbons (Fsp3) is 0.312. The Bertz CT molecular complexity index is 665. The lowest BCUT2D eigenvalue weighted by molar-refractivity contribution is -0.118. The molecule has 0 spiro atoms. The molecule has 0 aliphatic heterocycles. The molecule has 0 atom stereocenters. The largest absolute Gasteiger partial charge is 0.325 e. The van der Waals surface area contributed by atoms with Gasteiger partial charge in [-0.1, -0.05) is 40.2 Å². The van der Waals surface area contributed by atoms with Gasteiger partial charge in [-0.3, -0.25) is 4.79 Å². The van der Waals surface area contributed by atoms with Gasteiger partial charge in [0.2, 0.25) is 5.91 Å². The number of carbonyl (C=O) groups excluding carboxylic acids is 1. The average molecular weight is 333 g/mol. The van der Waals surface area contributed by atoms with Crippen molar-refractivity contribution in [2.24, 2.45) is 5.73 Å². The lowest BCUT2D eigenvalue weighted by atomic mass is 9.75. The van der Waals surface area contributed by atoms with Crippen molar-refractivity contribution in [3.8, 4) is 0 Å². The molecule has 2 aromatic carbocycles. The molecule has 0 aromatic heterocycles. The Labute approximate surface area is 126 Å². The van der Waals surface area contributed by atoms with E-state index in [1.165, 1.54) is 0 Å². The summed E-state index contributed by atoms with van der Waals surface area (Å²) in [5.41, 5.74) is 6.69. The molecule has 1 aliphatic carbocycles. The van der Waals surface area contributed by atoms with Gasteiger partial charge in [-0.2, -0.15) is 0 Å². The van der Waals surface area contributed by atoms with Crippen molar-refractivity contribution in [2.75, 3.05) is 5.32 Å². The van der Waals surface area contributed by atoms with Gasteiger partial charge < -0.3 is 11.1 Å². The summed E-state index contributed by atoms with van der Waals surface area (Å²) in [4.78, 5) is 12.1. The third kappa shape index (κ3) is 2.58. The number of benzene rings is 2. The first-order chi connectivity index (χ1) is 9.57. The van der Waals surface area contributed by atoms with Crippen molar-refractivity contribution in [2.45, 2.75) is 31.2 Å². The highest BCUT2D eigenvalue weighted by Crippen LogP contribution is 2.33. The van der Waals surface area contributed by atoms with Gasteiger partial charge >= 0.3 is 0 Å². The van der Waals surface area contributed by atoms with Gasteiger partial charge in [-0.15, -0.1) is 0 Å². The number of amides is 1. The third-order valence-corrected chi connectivity index (χ3v) is 4.70. The average Bonchev–Trinajstić information content (AvgIpc) is 2.40. The van der Waals surface area contributed by atoms with Crippen molar-refractivity contribution in [3.63, 3.8) is 0 Å². The maximum absolute atomic E-state index is 12.1. The van der Waals surface area contributed by atoms with E-state index in [2.05, 4.69) is 21.2 Å². The number of anilines is 1. The monoisotopic (exact) mass is 332 g/mol. The second-order valence-corrected chi connectivity index (χ2v) is 6.44. The zero-order valence-corrected chi connectivity index (χ0v) is 12.7. The van der Waals surface area contributed by atoms with Crippen LogP contribution in [-0.2, 0) is 4.79 Å². The van der Waals surface area contributed by atoms with E-state index in [0.717, 1.165) is 40.2 Å². The summed E-state index contributed by atoms with van der Waals surface area (Å²) < 4.78 is 1.03. The van der Waals surface area contributed by atoms with E-state index in [0.29, 0.717) is 6.42 Å². The van der Waals surface area contributed by atoms with Crippen molar-refractivity contribution < 1.29 is 4.79 Å². The molecular formula is C16H17BrN2O. The first-order valence-electron chi connectivity index (χ1n) is 6.83. The molecule has 1 amide bonds. The summed E-state index contributed by atoms with van der Waals surface area (Å²) in [7, 11) is 0. The smallest absolute Gasteiger partial charge is 0.226 e. The Morgan fingerprint density at radius 2 is 1.90 bits per heavy atom. The zero-order chi connectivity index (χ0) is 14.2. The van der Waals surface area contributed by atoms with Crippen LogP contribution < -0.4 is 11.1 Å². The van der Waals surface area contributed by atoms with Crippen LogP contribution in [0.15, 0.2) is 40.9 Å². The lowest BCUT2D eigenvalue weighted by Crippen LogP contribution is -2.48. The fourth-order valence-electron chi connectivity index (χ4n) is 2.69. The van der Waals surface area contributed by atoms with Crippen molar-refractivity contribution in [3.05, 3.63) is 40.9 Å². The van der Waals surface area contributed by atoms with E-state index >= 15 is 0 Å². The van der Waals surface area contributed by atoms with Crippen LogP contribution in [0.1, 0.15) is 25.7 Å². The Morgan fingerprint density at radius 1 is 1.20 bits per heavy atom. The lowest BCUT2D eigenvalue weighted by Gasteiger charge is -2.37. The van der Waals surface area contributed by atoms with Crippen LogP contribution in [0.4, 0.5) is 5.69 Å². The minimum absolute atomic E-state index is 0.000300. The molecule has 3 rings (SSSR count). The molecule has 3 nitrogen and oxygen atoms in total. The molecule has 0 saturated heterocycles. The minimum atomic E-state index is -0.282. The zero-order valence-electron chi connectivity index (χ0n) is 11.2. The fourth-order valence-corrected chi connectivity index (χ4v) is 3.17. The molecule has 0 unspecified atom stereocenters. The summed E-state index contributed by atoms with van der Waals surface area (Å²) in [5.74, 6) is -0.000300.